The summed E-state index contributed by atoms with van der Waals surface area (Å²) in [6, 6.07) is 4.80. The molecule has 15 heavy (non-hydrogen) atoms. The Hall–Kier alpha value is -0.960. The zero-order valence-corrected chi connectivity index (χ0v) is 9.40. The average Bonchev–Trinajstić information content (AvgIpc) is 2.19. The van der Waals surface area contributed by atoms with Crippen molar-refractivity contribution in [3.05, 3.63) is 34.9 Å². The first-order chi connectivity index (χ1) is 6.97. The van der Waals surface area contributed by atoms with Gasteiger partial charge in [-0.2, -0.15) is 8.78 Å². The highest BCUT2D eigenvalue weighted by atomic mass is 19.3. The van der Waals surface area contributed by atoms with Gasteiger partial charge >= 0.3 is 0 Å². The van der Waals surface area contributed by atoms with Crippen molar-refractivity contribution in [2.24, 2.45) is 0 Å². The zero-order chi connectivity index (χ0) is 11.5. The normalized spacial score (nSPS) is 11.8. The Morgan fingerprint density at radius 2 is 1.87 bits per heavy atom. The molecule has 0 saturated heterocycles. The van der Waals surface area contributed by atoms with Crippen LogP contribution < -0.4 is 5.32 Å². The zero-order valence-electron chi connectivity index (χ0n) is 9.40. The Kier molecular flexibility index (Phi) is 3.80. The second-order valence-corrected chi connectivity index (χ2v) is 3.78. The molecule has 0 amide bonds. The molecule has 1 aromatic carbocycles. The Morgan fingerprint density at radius 1 is 1.20 bits per heavy atom. The summed E-state index contributed by atoms with van der Waals surface area (Å²) < 4.78 is 27.2. The number of nitrogens with one attached hydrogen (secondary N) is 1. The fourth-order valence-electron chi connectivity index (χ4n) is 1.35. The van der Waals surface area contributed by atoms with Gasteiger partial charge in [0, 0.05) is 5.56 Å². The van der Waals surface area contributed by atoms with Crippen molar-refractivity contribution in [2.45, 2.75) is 26.7 Å². The van der Waals surface area contributed by atoms with Crippen LogP contribution in [0.25, 0.3) is 0 Å². The summed E-state index contributed by atoms with van der Waals surface area (Å²) >= 11 is 0. The maximum absolute atomic E-state index is 13.6. The van der Waals surface area contributed by atoms with Crippen molar-refractivity contribution in [3.63, 3.8) is 0 Å². The summed E-state index contributed by atoms with van der Waals surface area (Å²) in [5.41, 5.74) is 2.04. The van der Waals surface area contributed by atoms with Gasteiger partial charge in [0.25, 0.3) is 5.92 Å². The predicted molar refractivity (Wildman–Crippen MR) is 58.4 cm³/mol. The number of benzene rings is 1. The fraction of sp³-hybridized carbons (Fsp3) is 0.500. The molecular weight excluding hydrogens is 196 g/mol. The number of likely N-dealkylation sites (N-methyl/N-ethyl adjacent to an activating group) is 1. The molecule has 0 aliphatic heterocycles. The van der Waals surface area contributed by atoms with E-state index in [-0.39, 0.29) is 12.1 Å². The SMILES string of the molecule is CCNCC(F)(F)c1ccc(C)c(C)c1. The molecular formula is C12H17F2N. The lowest BCUT2D eigenvalue weighted by atomic mass is 10.0. The highest BCUT2D eigenvalue weighted by Gasteiger charge is 2.30. The van der Waals surface area contributed by atoms with E-state index in [0.29, 0.717) is 6.54 Å². The van der Waals surface area contributed by atoms with E-state index in [4.69, 9.17) is 0 Å². The summed E-state index contributed by atoms with van der Waals surface area (Å²) in [6.07, 6.45) is 0. The van der Waals surface area contributed by atoms with Crippen molar-refractivity contribution >= 4 is 0 Å². The molecule has 0 saturated carbocycles. The third-order valence-electron chi connectivity index (χ3n) is 2.53. The van der Waals surface area contributed by atoms with Gasteiger partial charge in [0.15, 0.2) is 0 Å². The topological polar surface area (TPSA) is 12.0 Å². The Bertz CT molecular complexity index is 334. The number of rotatable bonds is 4. The van der Waals surface area contributed by atoms with Crippen LogP contribution in [0.15, 0.2) is 18.2 Å². The van der Waals surface area contributed by atoms with Crippen molar-refractivity contribution < 1.29 is 8.78 Å². The van der Waals surface area contributed by atoms with Gasteiger partial charge in [0.2, 0.25) is 0 Å². The van der Waals surface area contributed by atoms with Crippen LogP contribution in [0.5, 0.6) is 0 Å². The second kappa shape index (κ2) is 4.71. The molecule has 0 unspecified atom stereocenters. The molecule has 0 aromatic heterocycles. The van der Waals surface area contributed by atoms with E-state index in [0.717, 1.165) is 11.1 Å². The van der Waals surface area contributed by atoms with Crippen LogP contribution in [0.1, 0.15) is 23.6 Å². The number of hydrogen-bond donors (Lipinski definition) is 1. The minimum atomic E-state index is -2.78. The Morgan fingerprint density at radius 3 is 2.40 bits per heavy atom. The smallest absolute Gasteiger partial charge is 0.285 e. The lowest BCUT2D eigenvalue weighted by Crippen LogP contribution is -2.30. The second-order valence-electron chi connectivity index (χ2n) is 3.78. The highest BCUT2D eigenvalue weighted by Crippen LogP contribution is 2.28. The van der Waals surface area contributed by atoms with E-state index in [1.54, 1.807) is 12.1 Å². The molecule has 0 aliphatic carbocycles. The third-order valence-corrected chi connectivity index (χ3v) is 2.53. The summed E-state index contributed by atoms with van der Waals surface area (Å²) in [5.74, 6) is -2.78. The molecule has 1 aromatic rings. The summed E-state index contributed by atoms with van der Waals surface area (Å²) in [6.45, 7) is 5.84. The van der Waals surface area contributed by atoms with Gasteiger partial charge in [-0.3, -0.25) is 0 Å². The largest absolute Gasteiger partial charge is 0.311 e. The molecule has 3 heteroatoms. The molecule has 1 nitrogen and oxygen atoms in total. The minimum absolute atomic E-state index is 0.0894. The van der Waals surface area contributed by atoms with E-state index in [9.17, 15) is 8.78 Å². The van der Waals surface area contributed by atoms with Crippen LogP contribution in [0.3, 0.4) is 0 Å². The van der Waals surface area contributed by atoms with Crippen LogP contribution in [0, 0.1) is 13.8 Å². The fourth-order valence-corrected chi connectivity index (χ4v) is 1.35. The average molecular weight is 213 g/mol. The molecule has 1 N–H and O–H groups in total. The van der Waals surface area contributed by atoms with E-state index in [2.05, 4.69) is 5.32 Å². The molecule has 0 bridgehead atoms. The van der Waals surface area contributed by atoms with Crippen LogP contribution in [0.2, 0.25) is 0 Å². The van der Waals surface area contributed by atoms with E-state index < -0.39 is 5.92 Å². The van der Waals surface area contributed by atoms with Gasteiger partial charge in [0.05, 0.1) is 6.54 Å². The number of aryl methyl sites for hydroxylation is 2. The summed E-state index contributed by atoms with van der Waals surface area (Å²) in [4.78, 5) is 0. The lowest BCUT2D eigenvalue weighted by molar-refractivity contribution is -0.00266. The molecule has 0 fully saturated rings. The summed E-state index contributed by atoms with van der Waals surface area (Å²) in [7, 11) is 0. The number of hydrogen-bond acceptors (Lipinski definition) is 1. The van der Waals surface area contributed by atoms with Crippen LogP contribution in [0.4, 0.5) is 8.78 Å². The van der Waals surface area contributed by atoms with Gasteiger partial charge in [0.1, 0.15) is 0 Å². The first-order valence-electron chi connectivity index (χ1n) is 5.13. The van der Waals surface area contributed by atoms with Gasteiger partial charge in [-0.1, -0.05) is 19.1 Å². The Balaban J connectivity index is 2.89. The van der Waals surface area contributed by atoms with Crippen LogP contribution in [-0.2, 0) is 5.92 Å². The first-order valence-corrected chi connectivity index (χ1v) is 5.13. The van der Waals surface area contributed by atoms with E-state index in [1.165, 1.54) is 6.07 Å². The minimum Gasteiger partial charge on any atom is -0.311 e. The number of alkyl halides is 2. The van der Waals surface area contributed by atoms with Gasteiger partial charge in [-0.15, -0.1) is 0 Å². The summed E-state index contributed by atoms with van der Waals surface area (Å²) in [5, 5.41) is 2.67. The molecule has 0 spiro atoms. The van der Waals surface area contributed by atoms with Crippen molar-refractivity contribution in [1.29, 1.82) is 0 Å². The quantitative estimate of drug-likeness (QED) is 0.810. The maximum atomic E-state index is 13.6. The maximum Gasteiger partial charge on any atom is 0.285 e. The lowest BCUT2D eigenvalue weighted by Gasteiger charge is -2.18. The van der Waals surface area contributed by atoms with Crippen LogP contribution >= 0.6 is 0 Å². The predicted octanol–water partition coefficient (Wildman–Crippen LogP) is 3.00. The first kappa shape index (κ1) is 12.1. The van der Waals surface area contributed by atoms with E-state index in [1.807, 2.05) is 20.8 Å². The Labute approximate surface area is 89.5 Å². The van der Waals surface area contributed by atoms with Gasteiger partial charge in [-0.25, -0.2) is 0 Å². The highest BCUT2D eigenvalue weighted by molar-refractivity contribution is 5.32. The molecule has 0 atom stereocenters. The third kappa shape index (κ3) is 2.99. The van der Waals surface area contributed by atoms with Crippen molar-refractivity contribution in [2.75, 3.05) is 13.1 Å². The van der Waals surface area contributed by atoms with Crippen molar-refractivity contribution in [1.82, 2.24) is 5.32 Å². The van der Waals surface area contributed by atoms with E-state index >= 15 is 0 Å². The van der Waals surface area contributed by atoms with Crippen LogP contribution in [-0.4, -0.2) is 13.1 Å². The van der Waals surface area contributed by atoms with Gasteiger partial charge < -0.3 is 5.32 Å². The van der Waals surface area contributed by atoms with Gasteiger partial charge in [-0.05, 0) is 37.6 Å². The number of halogens is 2. The molecule has 0 aliphatic rings. The van der Waals surface area contributed by atoms with Crippen molar-refractivity contribution in [3.8, 4) is 0 Å². The molecule has 0 radical (unpaired) electrons. The molecule has 84 valence electrons. The monoisotopic (exact) mass is 213 g/mol. The molecule has 1 rings (SSSR count). The molecule has 0 heterocycles. The standard InChI is InChI=1S/C12H17F2N/c1-4-15-8-12(13,14)11-6-5-9(2)10(3)7-11/h5-7,15H,4,8H2,1-3H3.